The van der Waals surface area contributed by atoms with Gasteiger partial charge in [-0.15, -0.1) is 0 Å². The molecule has 1 N–H and O–H groups in total. The number of hydrogen-bond acceptors (Lipinski definition) is 2. The minimum atomic E-state index is 0.232. The number of fused-ring (bicyclic) bond motifs is 2. The molecule has 4 fully saturated rings. The predicted molar refractivity (Wildman–Crippen MR) is 86.3 cm³/mol. The highest BCUT2D eigenvalue weighted by atomic mass is 16.5. The highest BCUT2D eigenvalue weighted by Crippen LogP contribution is 2.67. The van der Waals surface area contributed by atoms with Gasteiger partial charge in [-0.2, -0.15) is 0 Å². The molecule has 4 aliphatic carbocycles. The van der Waals surface area contributed by atoms with Crippen molar-refractivity contribution in [2.45, 2.75) is 96.3 Å². The molecule has 3 unspecified atom stereocenters. The number of rotatable bonds is 6. The summed E-state index contributed by atoms with van der Waals surface area (Å²) < 4.78 is 6.87. The van der Waals surface area contributed by atoms with Crippen LogP contribution in [0.4, 0.5) is 0 Å². The van der Waals surface area contributed by atoms with E-state index in [4.69, 9.17) is 4.74 Å². The molecule has 3 atom stereocenters. The summed E-state index contributed by atoms with van der Waals surface area (Å²) in [6.07, 6.45) is 12.7. The van der Waals surface area contributed by atoms with Crippen LogP contribution in [0.5, 0.6) is 0 Å². The Balaban J connectivity index is 1.40. The Morgan fingerprint density at radius 3 is 2.29 bits per heavy atom. The van der Waals surface area contributed by atoms with E-state index >= 15 is 0 Å². The molecule has 0 aliphatic heterocycles. The first-order valence-electron chi connectivity index (χ1n) is 9.36. The van der Waals surface area contributed by atoms with Crippen molar-refractivity contribution in [3.8, 4) is 0 Å². The van der Waals surface area contributed by atoms with E-state index in [2.05, 4.69) is 26.1 Å². The van der Waals surface area contributed by atoms with Crippen molar-refractivity contribution < 1.29 is 4.74 Å². The summed E-state index contributed by atoms with van der Waals surface area (Å²) in [7, 11) is 0. The summed E-state index contributed by atoms with van der Waals surface area (Å²) in [5, 5.41) is 3.69. The van der Waals surface area contributed by atoms with E-state index < -0.39 is 0 Å². The van der Waals surface area contributed by atoms with Crippen LogP contribution in [0.25, 0.3) is 0 Å². The van der Waals surface area contributed by atoms with Crippen molar-refractivity contribution in [1.82, 2.24) is 5.32 Å². The third kappa shape index (κ3) is 2.20. The van der Waals surface area contributed by atoms with Crippen LogP contribution in [0.3, 0.4) is 0 Å². The molecule has 0 heterocycles. The second-order valence-electron chi connectivity index (χ2n) is 9.23. The van der Waals surface area contributed by atoms with Gasteiger partial charge in [-0.05, 0) is 81.1 Å². The molecule has 2 heteroatoms. The Kier molecular flexibility index (Phi) is 3.25. The maximum Gasteiger partial charge on any atom is 0.0698 e. The molecule has 0 spiro atoms. The van der Waals surface area contributed by atoms with Gasteiger partial charge in [0, 0.05) is 6.04 Å². The third-order valence-electron chi connectivity index (χ3n) is 7.96. The number of nitrogens with one attached hydrogen (secondary N) is 1. The molecule has 0 aromatic heterocycles. The average Bonchev–Trinajstić information content (AvgIpc) is 3.15. The van der Waals surface area contributed by atoms with E-state index in [0.29, 0.717) is 16.9 Å². The van der Waals surface area contributed by atoms with Crippen LogP contribution in [0, 0.1) is 16.7 Å². The van der Waals surface area contributed by atoms with Crippen molar-refractivity contribution >= 4 is 0 Å². The highest BCUT2D eigenvalue weighted by molar-refractivity contribution is 5.12. The Morgan fingerprint density at radius 2 is 1.81 bits per heavy atom. The van der Waals surface area contributed by atoms with E-state index in [0.717, 1.165) is 12.0 Å². The SMILES string of the molecule is CC1(C)C2CCC1(C)C(OC1(CCNC3CC3)CCC1)C2. The van der Waals surface area contributed by atoms with E-state index in [1.165, 1.54) is 64.3 Å². The monoisotopic (exact) mass is 291 g/mol. The van der Waals surface area contributed by atoms with Crippen molar-refractivity contribution in [2.24, 2.45) is 16.7 Å². The molecule has 0 amide bonds. The lowest BCUT2D eigenvalue weighted by Gasteiger charge is -2.48. The predicted octanol–water partition coefficient (Wildman–Crippen LogP) is 4.28. The quantitative estimate of drug-likeness (QED) is 0.788. The summed E-state index contributed by atoms with van der Waals surface area (Å²) >= 11 is 0. The lowest BCUT2D eigenvalue weighted by molar-refractivity contribution is -0.180. The Labute approximate surface area is 130 Å². The summed E-state index contributed by atoms with van der Waals surface area (Å²) in [5.74, 6) is 0.897. The third-order valence-corrected chi connectivity index (χ3v) is 7.96. The van der Waals surface area contributed by atoms with Crippen LogP contribution in [0.15, 0.2) is 0 Å². The van der Waals surface area contributed by atoms with Gasteiger partial charge in [0.25, 0.3) is 0 Å². The van der Waals surface area contributed by atoms with Crippen LogP contribution in [-0.2, 0) is 4.74 Å². The zero-order chi connectivity index (χ0) is 14.7. The fourth-order valence-electron chi connectivity index (χ4n) is 5.40. The average molecular weight is 291 g/mol. The molecular formula is C19H33NO. The standard InChI is InChI=1S/C19H33NO/c1-17(2)14-7-10-18(17,3)16(13-14)21-19(8-4-9-19)11-12-20-15-5-6-15/h14-16,20H,4-13H2,1-3H3. The fourth-order valence-corrected chi connectivity index (χ4v) is 5.40. The first-order valence-corrected chi connectivity index (χ1v) is 9.36. The molecule has 4 rings (SSSR count). The summed E-state index contributed by atoms with van der Waals surface area (Å²) in [4.78, 5) is 0. The van der Waals surface area contributed by atoms with E-state index in [-0.39, 0.29) is 5.60 Å². The van der Waals surface area contributed by atoms with Gasteiger partial charge in [-0.1, -0.05) is 20.8 Å². The van der Waals surface area contributed by atoms with Gasteiger partial charge in [0.05, 0.1) is 11.7 Å². The minimum Gasteiger partial charge on any atom is -0.371 e. The van der Waals surface area contributed by atoms with Crippen LogP contribution in [0.2, 0.25) is 0 Å². The normalized spacial score (nSPS) is 43.0. The topological polar surface area (TPSA) is 21.3 Å². The lowest BCUT2D eigenvalue weighted by Crippen LogP contribution is -2.49. The van der Waals surface area contributed by atoms with Gasteiger partial charge in [0.1, 0.15) is 0 Å². The van der Waals surface area contributed by atoms with Crippen LogP contribution >= 0.6 is 0 Å². The summed E-state index contributed by atoms with van der Waals surface area (Å²) in [6.45, 7) is 8.67. The molecule has 0 radical (unpaired) electrons. The molecule has 0 saturated heterocycles. The van der Waals surface area contributed by atoms with E-state index in [9.17, 15) is 0 Å². The number of hydrogen-bond donors (Lipinski definition) is 1. The van der Waals surface area contributed by atoms with Gasteiger partial charge in [0.15, 0.2) is 0 Å². The van der Waals surface area contributed by atoms with Crippen LogP contribution in [0.1, 0.15) is 78.6 Å². The van der Waals surface area contributed by atoms with Crippen molar-refractivity contribution in [3.05, 3.63) is 0 Å². The second kappa shape index (κ2) is 4.71. The second-order valence-corrected chi connectivity index (χ2v) is 9.23. The zero-order valence-electron chi connectivity index (χ0n) is 14.2. The van der Waals surface area contributed by atoms with Crippen LogP contribution in [-0.4, -0.2) is 24.3 Å². The Bertz CT molecular complexity index is 410. The van der Waals surface area contributed by atoms with Crippen LogP contribution < -0.4 is 5.32 Å². The maximum atomic E-state index is 6.87. The molecule has 0 aromatic carbocycles. The molecular weight excluding hydrogens is 258 g/mol. The maximum absolute atomic E-state index is 6.87. The fraction of sp³-hybridized carbons (Fsp3) is 1.00. The summed E-state index contributed by atoms with van der Waals surface area (Å²) in [6, 6.07) is 0.834. The van der Waals surface area contributed by atoms with Gasteiger partial charge in [0.2, 0.25) is 0 Å². The Morgan fingerprint density at radius 1 is 1.05 bits per heavy atom. The number of ether oxygens (including phenoxy) is 1. The van der Waals surface area contributed by atoms with E-state index in [1.54, 1.807) is 0 Å². The largest absolute Gasteiger partial charge is 0.371 e. The smallest absolute Gasteiger partial charge is 0.0698 e. The summed E-state index contributed by atoms with van der Waals surface area (Å²) in [5.41, 5.74) is 1.13. The van der Waals surface area contributed by atoms with Gasteiger partial charge in [-0.25, -0.2) is 0 Å². The first-order chi connectivity index (χ1) is 9.95. The van der Waals surface area contributed by atoms with Crippen molar-refractivity contribution in [2.75, 3.05) is 6.54 Å². The highest BCUT2D eigenvalue weighted by Gasteiger charge is 2.63. The molecule has 120 valence electrons. The van der Waals surface area contributed by atoms with Gasteiger partial charge < -0.3 is 10.1 Å². The Hall–Kier alpha value is -0.0800. The lowest BCUT2D eigenvalue weighted by atomic mass is 9.69. The minimum absolute atomic E-state index is 0.232. The van der Waals surface area contributed by atoms with Gasteiger partial charge in [-0.3, -0.25) is 0 Å². The molecule has 0 aromatic rings. The van der Waals surface area contributed by atoms with Gasteiger partial charge >= 0.3 is 0 Å². The molecule has 4 aliphatic rings. The van der Waals surface area contributed by atoms with Crippen molar-refractivity contribution in [1.29, 1.82) is 0 Å². The van der Waals surface area contributed by atoms with E-state index in [1.807, 2.05) is 0 Å². The zero-order valence-corrected chi connectivity index (χ0v) is 14.2. The molecule has 2 bridgehead atoms. The molecule has 21 heavy (non-hydrogen) atoms. The van der Waals surface area contributed by atoms with Crippen molar-refractivity contribution in [3.63, 3.8) is 0 Å². The first kappa shape index (κ1) is 14.5. The molecule has 2 nitrogen and oxygen atoms in total. The molecule has 4 saturated carbocycles.